The smallest absolute Gasteiger partial charge is 0.341 e. The first-order valence-corrected chi connectivity index (χ1v) is 7.78. The molecule has 0 radical (unpaired) electrons. The highest BCUT2D eigenvalue weighted by Gasteiger charge is 2.34. The lowest BCUT2D eigenvalue weighted by Gasteiger charge is -2.03. The first kappa shape index (κ1) is 14.5. The van der Waals surface area contributed by atoms with Gasteiger partial charge in [0.25, 0.3) is 0 Å². The molecule has 5 heteroatoms. The predicted molar refractivity (Wildman–Crippen MR) is 84.3 cm³/mol. The number of rotatable bonds is 4. The summed E-state index contributed by atoms with van der Waals surface area (Å²) in [5, 5.41) is 11.9. The largest absolute Gasteiger partial charge is 0.465 e. The summed E-state index contributed by atoms with van der Waals surface area (Å²) in [6, 6.07) is 7.59. The van der Waals surface area contributed by atoms with Gasteiger partial charge in [0, 0.05) is 11.3 Å². The number of nitriles is 1. The summed E-state index contributed by atoms with van der Waals surface area (Å²) in [6.45, 7) is 0. The number of benzene rings is 1. The number of methoxy groups -OCH3 is 1. The number of hydrogen-bond acceptors (Lipinski definition) is 5. The SMILES string of the molecule is COC(=O)/C(=C\c1csc2c(C#N)cccc12)C(=O)C1CC1. The van der Waals surface area contributed by atoms with E-state index in [2.05, 4.69) is 6.07 Å². The summed E-state index contributed by atoms with van der Waals surface area (Å²) in [6.07, 6.45) is 3.25. The molecule has 0 amide bonds. The molecule has 3 rings (SSSR count). The Morgan fingerprint density at radius 1 is 1.41 bits per heavy atom. The molecule has 1 fully saturated rings. The van der Waals surface area contributed by atoms with Crippen molar-refractivity contribution in [3.8, 4) is 6.07 Å². The number of hydrogen-bond donors (Lipinski definition) is 0. The maximum Gasteiger partial charge on any atom is 0.341 e. The molecular formula is C17H13NO3S. The van der Waals surface area contributed by atoms with Crippen molar-refractivity contribution in [1.82, 2.24) is 0 Å². The zero-order valence-corrected chi connectivity index (χ0v) is 12.8. The highest BCUT2D eigenvalue weighted by Crippen LogP contribution is 2.35. The summed E-state index contributed by atoms with van der Waals surface area (Å²) in [5.41, 5.74) is 1.45. The van der Waals surface area contributed by atoms with Crippen LogP contribution in [0.1, 0.15) is 24.0 Å². The van der Waals surface area contributed by atoms with Crippen LogP contribution in [-0.2, 0) is 14.3 Å². The molecule has 1 aliphatic carbocycles. The second-order valence-electron chi connectivity index (χ2n) is 5.17. The van der Waals surface area contributed by atoms with Gasteiger partial charge in [0.2, 0.25) is 0 Å². The number of carbonyl (C=O) groups excluding carboxylic acids is 2. The van der Waals surface area contributed by atoms with Crippen LogP contribution in [0.5, 0.6) is 0 Å². The molecule has 0 atom stereocenters. The summed E-state index contributed by atoms with van der Waals surface area (Å²) < 4.78 is 5.60. The Morgan fingerprint density at radius 2 is 2.18 bits per heavy atom. The Labute approximate surface area is 131 Å². The van der Waals surface area contributed by atoms with E-state index in [1.54, 1.807) is 18.2 Å². The van der Waals surface area contributed by atoms with Crippen molar-refractivity contribution in [2.75, 3.05) is 7.11 Å². The van der Waals surface area contributed by atoms with Crippen molar-refractivity contribution in [3.05, 3.63) is 40.3 Å². The van der Waals surface area contributed by atoms with Gasteiger partial charge in [-0.05, 0) is 35.9 Å². The lowest BCUT2D eigenvalue weighted by molar-refractivity contribution is -0.137. The van der Waals surface area contributed by atoms with Gasteiger partial charge in [-0.3, -0.25) is 4.79 Å². The molecule has 1 aromatic heterocycles. The number of ketones is 1. The van der Waals surface area contributed by atoms with E-state index in [0.717, 1.165) is 28.5 Å². The molecule has 0 saturated heterocycles. The molecule has 1 aliphatic rings. The van der Waals surface area contributed by atoms with Gasteiger partial charge in [-0.2, -0.15) is 5.26 Å². The first-order chi connectivity index (χ1) is 10.7. The fourth-order valence-electron chi connectivity index (χ4n) is 2.34. The van der Waals surface area contributed by atoms with E-state index < -0.39 is 5.97 Å². The molecule has 0 N–H and O–H groups in total. The zero-order chi connectivity index (χ0) is 15.7. The number of carbonyl (C=O) groups is 2. The Kier molecular flexibility index (Phi) is 3.78. The molecule has 0 unspecified atom stereocenters. The van der Waals surface area contributed by atoms with Crippen LogP contribution >= 0.6 is 11.3 Å². The number of Topliss-reactive ketones (excluding diaryl/α,β-unsaturated/α-hetero) is 1. The minimum atomic E-state index is -0.604. The fourth-order valence-corrected chi connectivity index (χ4v) is 3.33. The molecule has 4 nitrogen and oxygen atoms in total. The van der Waals surface area contributed by atoms with E-state index in [4.69, 9.17) is 10.00 Å². The molecule has 110 valence electrons. The van der Waals surface area contributed by atoms with Crippen molar-refractivity contribution in [2.24, 2.45) is 5.92 Å². The van der Waals surface area contributed by atoms with Gasteiger partial charge in [-0.1, -0.05) is 12.1 Å². The number of thiophene rings is 1. The summed E-state index contributed by atoms with van der Waals surface area (Å²) in [7, 11) is 1.27. The van der Waals surface area contributed by atoms with Gasteiger partial charge >= 0.3 is 5.97 Å². The third-order valence-corrected chi connectivity index (χ3v) is 4.72. The van der Waals surface area contributed by atoms with Crippen molar-refractivity contribution >= 4 is 39.3 Å². The van der Waals surface area contributed by atoms with E-state index in [1.165, 1.54) is 18.4 Å². The van der Waals surface area contributed by atoms with Crippen LogP contribution in [0.3, 0.4) is 0 Å². The molecule has 0 spiro atoms. The zero-order valence-electron chi connectivity index (χ0n) is 12.0. The lowest BCUT2D eigenvalue weighted by atomic mass is 10.0. The van der Waals surface area contributed by atoms with E-state index in [9.17, 15) is 9.59 Å². The van der Waals surface area contributed by atoms with Crippen LogP contribution in [0.25, 0.3) is 16.2 Å². The van der Waals surface area contributed by atoms with Crippen LogP contribution in [0.15, 0.2) is 29.2 Å². The Bertz CT molecular complexity index is 837. The molecule has 1 heterocycles. The van der Waals surface area contributed by atoms with Crippen LogP contribution in [-0.4, -0.2) is 18.9 Å². The standard InChI is InChI=1S/C17H13NO3S/c1-21-17(20)14(15(19)10-5-6-10)7-12-9-22-16-11(8-18)3-2-4-13(12)16/h2-4,7,9-10H,5-6H2,1H3/b14-7-. The van der Waals surface area contributed by atoms with Gasteiger partial charge in [-0.25, -0.2) is 4.79 Å². The minimum Gasteiger partial charge on any atom is -0.465 e. The van der Waals surface area contributed by atoms with Gasteiger partial charge in [0.15, 0.2) is 5.78 Å². The number of nitrogens with zero attached hydrogens (tertiary/aromatic N) is 1. The van der Waals surface area contributed by atoms with E-state index in [0.29, 0.717) is 5.56 Å². The maximum atomic E-state index is 12.3. The fraction of sp³-hybridized carbons (Fsp3) is 0.235. The summed E-state index contributed by atoms with van der Waals surface area (Å²) in [4.78, 5) is 24.2. The highest BCUT2D eigenvalue weighted by molar-refractivity contribution is 7.17. The molecule has 1 aromatic carbocycles. The average molecular weight is 311 g/mol. The van der Waals surface area contributed by atoms with Crippen LogP contribution in [0, 0.1) is 17.2 Å². The second kappa shape index (κ2) is 5.74. The topological polar surface area (TPSA) is 67.2 Å². The van der Waals surface area contributed by atoms with Gasteiger partial charge in [0.05, 0.1) is 17.4 Å². The summed E-state index contributed by atoms with van der Waals surface area (Å²) >= 11 is 1.43. The van der Waals surface area contributed by atoms with Crippen molar-refractivity contribution in [1.29, 1.82) is 5.26 Å². The molecule has 0 bridgehead atoms. The first-order valence-electron chi connectivity index (χ1n) is 6.90. The normalized spacial score (nSPS) is 14.6. The third kappa shape index (κ3) is 2.53. The van der Waals surface area contributed by atoms with Crippen molar-refractivity contribution in [2.45, 2.75) is 12.8 Å². The maximum absolute atomic E-state index is 12.3. The Hall–Kier alpha value is -2.45. The second-order valence-corrected chi connectivity index (χ2v) is 6.05. The lowest BCUT2D eigenvalue weighted by Crippen LogP contribution is -2.15. The molecular weight excluding hydrogens is 298 g/mol. The van der Waals surface area contributed by atoms with Crippen LogP contribution in [0.2, 0.25) is 0 Å². The van der Waals surface area contributed by atoms with Gasteiger partial charge in [-0.15, -0.1) is 11.3 Å². The van der Waals surface area contributed by atoms with Crippen LogP contribution < -0.4 is 0 Å². The summed E-state index contributed by atoms with van der Waals surface area (Å²) in [5.74, 6) is -0.805. The number of esters is 1. The Morgan fingerprint density at radius 3 is 2.82 bits per heavy atom. The average Bonchev–Trinajstić information content (AvgIpc) is 3.32. The number of ether oxygens (including phenoxy) is 1. The number of fused-ring (bicyclic) bond motifs is 1. The highest BCUT2D eigenvalue weighted by atomic mass is 32.1. The quantitative estimate of drug-likeness (QED) is 0.376. The predicted octanol–water partition coefficient (Wildman–Crippen LogP) is 3.31. The molecule has 2 aromatic rings. The van der Waals surface area contributed by atoms with E-state index >= 15 is 0 Å². The monoisotopic (exact) mass is 311 g/mol. The molecule has 1 saturated carbocycles. The van der Waals surface area contributed by atoms with Crippen molar-refractivity contribution < 1.29 is 14.3 Å². The third-order valence-electron chi connectivity index (χ3n) is 3.67. The van der Waals surface area contributed by atoms with Crippen LogP contribution in [0.4, 0.5) is 0 Å². The van der Waals surface area contributed by atoms with E-state index in [-0.39, 0.29) is 17.3 Å². The minimum absolute atomic E-state index is 0.0510. The van der Waals surface area contributed by atoms with Gasteiger partial charge in [0.1, 0.15) is 11.6 Å². The molecule has 0 aliphatic heterocycles. The Balaban J connectivity index is 2.10. The van der Waals surface area contributed by atoms with Gasteiger partial charge < -0.3 is 4.74 Å². The molecule has 22 heavy (non-hydrogen) atoms. The van der Waals surface area contributed by atoms with E-state index in [1.807, 2.05) is 11.4 Å². The van der Waals surface area contributed by atoms with Crippen molar-refractivity contribution in [3.63, 3.8) is 0 Å².